The average molecular weight is 208 g/mol. The van der Waals surface area contributed by atoms with Crippen molar-refractivity contribution in [3.8, 4) is 0 Å². The Morgan fingerprint density at radius 2 is 2.00 bits per heavy atom. The van der Waals surface area contributed by atoms with Crippen LogP contribution in [0.4, 0.5) is 17.6 Å². The van der Waals surface area contributed by atoms with Crippen molar-refractivity contribution in [2.45, 2.75) is 19.1 Å². The van der Waals surface area contributed by atoms with Gasteiger partial charge in [0.2, 0.25) is 5.95 Å². The molecule has 0 aromatic carbocycles. The number of nitrogens with two attached hydrogens (primary N) is 1. The van der Waals surface area contributed by atoms with Gasteiger partial charge in [0.15, 0.2) is 0 Å². The van der Waals surface area contributed by atoms with Gasteiger partial charge in [0, 0.05) is 17.8 Å². The van der Waals surface area contributed by atoms with Crippen LogP contribution in [-0.4, -0.2) is 4.98 Å². The number of halogens is 4. The van der Waals surface area contributed by atoms with Gasteiger partial charge in [0.1, 0.15) is 0 Å². The molecule has 2 N–H and O–H groups in total. The number of nitrogens with zero attached hydrogens (tertiary/aromatic N) is 1. The van der Waals surface area contributed by atoms with Crippen molar-refractivity contribution >= 4 is 0 Å². The molecule has 1 heterocycles. The Morgan fingerprint density at radius 3 is 2.36 bits per heavy atom. The van der Waals surface area contributed by atoms with Crippen LogP contribution in [0, 0.1) is 5.95 Å². The van der Waals surface area contributed by atoms with Crippen molar-refractivity contribution in [1.82, 2.24) is 4.98 Å². The molecule has 0 saturated heterocycles. The molecule has 0 unspecified atom stereocenters. The van der Waals surface area contributed by atoms with Crippen LogP contribution in [-0.2, 0) is 6.18 Å². The predicted octanol–water partition coefficient (Wildman–Crippen LogP) is 2.26. The molecule has 0 aliphatic rings. The molecule has 0 bridgehead atoms. The fourth-order valence-corrected chi connectivity index (χ4v) is 1.13. The lowest BCUT2D eigenvalue weighted by atomic mass is 10.0. The Morgan fingerprint density at radius 1 is 1.43 bits per heavy atom. The van der Waals surface area contributed by atoms with E-state index in [9.17, 15) is 17.6 Å². The zero-order valence-electron chi connectivity index (χ0n) is 7.27. The Hall–Kier alpha value is -1.17. The smallest absolute Gasteiger partial charge is 0.324 e. The van der Waals surface area contributed by atoms with Crippen LogP contribution in [0.2, 0.25) is 0 Å². The first-order valence-electron chi connectivity index (χ1n) is 3.81. The summed E-state index contributed by atoms with van der Waals surface area (Å²) < 4.78 is 50.0. The summed E-state index contributed by atoms with van der Waals surface area (Å²) >= 11 is 0. The normalized spacial score (nSPS) is 14.1. The standard InChI is InChI=1S/C8H8F4N2/c1-4(13)6-5(8(10,11)12)2-3-14-7(6)9/h2-4H,13H2,1H3/t4-/m0/s1. The van der Waals surface area contributed by atoms with E-state index < -0.39 is 29.3 Å². The van der Waals surface area contributed by atoms with Gasteiger partial charge in [-0.2, -0.15) is 17.6 Å². The number of aromatic nitrogens is 1. The van der Waals surface area contributed by atoms with Crippen molar-refractivity contribution in [2.24, 2.45) is 5.73 Å². The molecule has 6 heteroatoms. The van der Waals surface area contributed by atoms with E-state index in [-0.39, 0.29) is 0 Å². The Kier molecular flexibility index (Phi) is 2.75. The lowest BCUT2D eigenvalue weighted by molar-refractivity contribution is -0.138. The van der Waals surface area contributed by atoms with Gasteiger partial charge in [-0.3, -0.25) is 0 Å². The topological polar surface area (TPSA) is 38.9 Å². The largest absolute Gasteiger partial charge is 0.416 e. The average Bonchev–Trinajstić information content (AvgIpc) is 2.01. The van der Waals surface area contributed by atoms with Crippen molar-refractivity contribution < 1.29 is 17.6 Å². The van der Waals surface area contributed by atoms with Gasteiger partial charge in [0.05, 0.1) is 5.56 Å². The summed E-state index contributed by atoms with van der Waals surface area (Å²) in [5.41, 5.74) is 3.57. The number of hydrogen-bond acceptors (Lipinski definition) is 2. The molecule has 1 atom stereocenters. The quantitative estimate of drug-likeness (QED) is 0.567. The zero-order chi connectivity index (χ0) is 10.9. The maximum absolute atomic E-state index is 12.9. The summed E-state index contributed by atoms with van der Waals surface area (Å²) in [7, 11) is 0. The molecular weight excluding hydrogens is 200 g/mol. The molecule has 1 aromatic rings. The summed E-state index contributed by atoms with van der Waals surface area (Å²) in [5, 5.41) is 0. The van der Waals surface area contributed by atoms with E-state index in [2.05, 4.69) is 4.98 Å². The van der Waals surface area contributed by atoms with E-state index in [1.165, 1.54) is 6.92 Å². The van der Waals surface area contributed by atoms with Crippen molar-refractivity contribution in [3.63, 3.8) is 0 Å². The van der Waals surface area contributed by atoms with Gasteiger partial charge in [-0.1, -0.05) is 0 Å². The lowest BCUT2D eigenvalue weighted by Crippen LogP contribution is -2.17. The second kappa shape index (κ2) is 3.53. The molecule has 78 valence electrons. The highest BCUT2D eigenvalue weighted by atomic mass is 19.4. The SMILES string of the molecule is C[C@H](N)c1c(C(F)(F)F)ccnc1F. The van der Waals surface area contributed by atoms with E-state index in [4.69, 9.17) is 5.73 Å². The Labute approximate surface area is 77.7 Å². The van der Waals surface area contributed by atoms with Crippen LogP contribution in [0.25, 0.3) is 0 Å². The fraction of sp³-hybridized carbons (Fsp3) is 0.375. The van der Waals surface area contributed by atoms with Crippen LogP contribution in [0.5, 0.6) is 0 Å². The molecule has 0 fully saturated rings. The highest BCUT2D eigenvalue weighted by molar-refractivity contribution is 5.29. The van der Waals surface area contributed by atoms with E-state index in [1.807, 2.05) is 0 Å². The molecule has 1 aromatic heterocycles. The van der Waals surface area contributed by atoms with Crippen LogP contribution in [0.1, 0.15) is 24.1 Å². The summed E-state index contributed by atoms with van der Waals surface area (Å²) in [6.07, 6.45) is -3.84. The second-order valence-corrected chi connectivity index (χ2v) is 2.85. The van der Waals surface area contributed by atoms with Crippen molar-refractivity contribution in [2.75, 3.05) is 0 Å². The van der Waals surface area contributed by atoms with Gasteiger partial charge in [-0.25, -0.2) is 4.98 Å². The van der Waals surface area contributed by atoms with Gasteiger partial charge in [-0.15, -0.1) is 0 Å². The third-order valence-corrected chi connectivity index (χ3v) is 1.70. The van der Waals surface area contributed by atoms with E-state index >= 15 is 0 Å². The second-order valence-electron chi connectivity index (χ2n) is 2.85. The molecule has 0 amide bonds. The third-order valence-electron chi connectivity index (χ3n) is 1.70. The van der Waals surface area contributed by atoms with Crippen LogP contribution < -0.4 is 5.73 Å². The number of pyridine rings is 1. The predicted molar refractivity (Wildman–Crippen MR) is 41.8 cm³/mol. The minimum atomic E-state index is -4.60. The van der Waals surface area contributed by atoms with Crippen molar-refractivity contribution in [3.05, 3.63) is 29.3 Å². The van der Waals surface area contributed by atoms with Crippen LogP contribution in [0.3, 0.4) is 0 Å². The van der Waals surface area contributed by atoms with Gasteiger partial charge in [-0.05, 0) is 13.0 Å². The Balaban J connectivity index is 3.36. The molecule has 14 heavy (non-hydrogen) atoms. The number of rotatable bonds is 1. The first-order valence-corrected chi connectivity index (χ1v) is 3.81. The highest BCUT2D eigenvalue weighted by Gasteiger charge is 2.35. The summed E-state index contributed by atoms with van der Waals surface area (Å²) in [6.45, 7) is 1.27. The van der Waals surface area contributed by atoms with Gasteiger partial charge >= 0.3 is 6.18 Å². The van der Waals surface area contributed by atoms with E-state index in [0.29, 0.717) is 6.07 Å². The maximum Gasteiger partial charge on any atom is 0.416 e. The van der Waals surface area contributed by atoms with Crippen LogP contribution >= 0.6 is 0 Å². The minimum absolute atomic E-state index is 0.597. The minimum Gasteiger partial charge on any atom is -0.324 e. The molecule has 1 rings (SSSR count). The lowest BCUT2D eigenvalue weighted by Gasteiger charge is -2.14. The van der Waals surface area contributed by atoms with E-state index in [1.54, 1.807) is 0 Å². The highest BCUT2D eigenvalue weighted by Crippen LogP contribution is 2.34. The van der Waals surface area contributed by atoms with Crippen LogP contribution in [0.15, 0.2) is 12.3 Å². The van der Waals surface area contributed by atoms with E-state index in [0.717, 1.165) is 6.20 Å². The van der Waals surface area contributed by atoms with Gasteiger partial charge < -0.3 is 5.73 Å². The molecular formula is C8H8F4N2. The first kappa shape index (κ1) is 10.9. The van der Waals surface area contributed by atoms with Gasteiger partial charge in [0.25, 0.3) is 0 Å². The summed E-state index contributed by atoms with van der Waals surface area (Å²) in [6, 6.07) is -0.331. The zero-order valence-corrected chi connectivity index (χ0v) is 7.27. The summed E-state index contributed by atoms with van der Waals surface area (Å²) in [5.74, 6) is -1.17. The molecule has 0 spiro atoms. The monoisotopic (exact) mass is 208 g/mol. The molecule has 0 aliphatic heterocycles. The molecule has 2 nitrogen and oxygen atoms in total. The first-order chi connectivity index (χ1) is 6.34. The molecule has 0 aliphatic carbocycles. The number of hydrogen-bond donors (Lipinski definition) is 1. The number of alkyl halides is 3. The molecule has 0 saturated carbocycles. The van der Waals surface area contributed by atoms with Crippen molar-refractivity contribution in [1.29, 1.82) is 0 Å². The fourth-order valence-electron chi connectivity index (χ4n) is 1.13. The third kappa shape index (κ3) is 2.01. The Bertz CT molecular complexity index is 333. The summed E-state index contributed by atoms with van der Waals surface area (Å²) in [4.78, 5) is 3.13. The maximum atomic E-state index is 12.9. The molecule has 0 radical (unpaired) electrons.